The van der Waals surface area contributed by atoms with E-state index in [-0.39, 0.29) is 12.3 Å². The molecule has 6 nitrogen and oxygen atoms in total. The zero-order valence-electron chi connectivity index (χ0n) is 17.2. The van der Waals surface area contributed by atoms with Crippen LogP contribution in [0.25, 0.3) is 0 Å². The number of nitrogens with one attached hydrogen (secondary N) is 1. The average Bonchev–Trinajstić information content (AvgIpc) is 2.74. The van der Waals surface area contributed by atoms with E-state index < -0.39 is 4.92 Å². The Bertz CT molecular complexity index is 1070. The smallest absolute Gasteiger partial charge is 0.269 e. The molecule has 0 spiro atoms. The molecule has 0 radical (unpaired) electrons. The molecule has 0 saturated heterocycles. The molecule has 0 aliphatic rings. The lowest BCUT2D eigenvalue weighted by Crippen LogP contribution is -2.04. The second-order valence-corrected chi connectivity index (χ2v) is 7.71. The Morgan fingerprint density at radius 3 is 2.42 bits per heavy atom. The number of ether oxygens (including phenoxy) is 2. The van der Waals surface area contributed by atoms with E-state index in [4.69, 9.17) is 32.7 Å². The number of aryl methyl sites for hydroxylation is 1. The van der Waals surface area contributed by atoms with Crippen molar-refractivity contribution in [3.8, 4) is 11.5 Å². The molecule has 31 heavy (non-hydrogen) atoms. The topological polar surface area (TPSA) is 73.6 Å². The van der Waals surface area contributed by atoms with Crippen LogP contribution < -0.4 is 14.8 Å². The van der Waals surface area contributed by atoms with E-state index >= 15 is 0 Å². The predicted molar refractivity (Wildman–Crippen MR) is 124 cm³/mol. The third kappa shape index (κ3) is 6.03. The number of hydrogen-bond acceptors (Lipinski definition) is 5. The second-order valence-electron chi connectivity index (χ2n) is 6.86. The first-order chi connectivity index (χ1) is 14.9. The van der Waals surface area contributed by atoms with E-state index in [0.29, 0.717) is 34.7 Å². The highest BCUT2D eigenvalue weighted by atomic mass is 35.5. The molecule has 162 valence electrons. The summed E-state index contributed by atoms with van der Waals surface area (Å²) < 4.78 is 11.6. The Labute approximate surface area is 190 Å². The van der Waals surface area contributed by atoms with Gasteiger partial charge in [0.1, 0.15) is 6.61 Å². The van der Waals surface area contributed by atoms with Gasteiger partial charge in [-0.25, -0.2) is 0 Å². The quantitative estimate of drug-likeness (QED) is 0.280. The Morgan fingerprint density at radius 2 is 1.74 bits per heavy atom. The molecular formula is C23H22Cl2N2O4. The first kappa shape index (κ1) is 22.7. The van der Waals surface area contributed by atoms with Gasteiger partial charge in [-0.05, 0) is 66.9 Å². The number of halogens is 2. The van der Waals surface area contributed by atoms with Gasteiger partial charge in [-0.1, -0.05) is 29.3 Å². The zero-order valence-corrected chi connectivity index (χ0v) is 18.7. The van der Waals surface area contributed by atoms with Crippen LogP contribution in [0.2, 0.25) is 10.0 Å². The van der Waals surface area contributed by atoms with Gasteiger partial charge in [0, 0.05) is 29.4 Å². The maximum atomic E-state index is 10.8. The van der Waals surface area contributed by atoms with Crippen LogP contribution >= 0.6 is 23.2 Å². The van der Waals surface area contributed by atoms with Crippen LogP contribution in [-0.2, 0) is 13.2 Å². The molecule has 0 heterocycles. The minimum atomic E-state index is -0.438. The van der Waals surface area contributed by atoms with E-state index in [9.17, 15) is 10.1 Å². The van der Waals surface area contributed by atoms with E-state index in [1.807, 2.05) is 44.2 Å². The molecular weight excluding hydrogens is 439 g/mol. The van der Waals surface area contributed by atoms with E-state index in [2.05, 4.69) is 5.32 Å². The lowest BCUT2D eigenvalue weighted by molar-refractivity contribution is -0.384. The molecule has 3 rings (SSSR count). The summed E-state index contributed by atoms with van der Waals surface area (Å²) in [5, 5.41) is 15.2. The van der Waals surface area contributed by atoms with Crippen molar-refractivity contribution in [1.29, 1.82) is 0 Å². The average molecular weight is 461 g/mol. The van der Waals surface area contributed by atoms with Gasteiger partial charge in [0.05, 0.1) is 16.6 Å². The molecule has 0 atom stereocenters. The highest BCUT2D eigenvalue weighted by Gasteiger charge is 2.14. The Balaban J connectivity index is 1.74. The van der Waals surface area contributed by atoms with Gasteiger partial charge in [0.15, 0.2) is 11.5 Å². The number of benzene rings is 3. The van der Waals surface area contributed by atoms with Crippen molar-refractivity contribution in [2.45, 2.75) is 27.0 Å². The van der Waals surface area contributed by atoms with Gasteiger partial charge >= 0.3 is 0 Å². The molecule has 0 aliphatic heterocycles. The summed E-state index contributed by atoms with van der Waals surface area (Å²) in [7, 11) is 0. The van der Waals surface area contributed by atoms with Crippen molar-refractivity contribution in [2.24, 2.45) is 0 Å². The molecule has 0 bridgehead atoms. The van der Waals surface area contributed by atoms with Crippen molar-refractivity contribution >= 4 is 34.6 Å². The summed E-state index contributed by atoms with van der Waals surface area (Å²) in [6.07, 6.45) is 0. The van der Waals surface area contributed by atoms with Crippen molar-refractivity contribution < 1.29 is 14.4 Å². The fraction of sp³-hybridized carbons (Fsp3) is 0.217. The third-order valence-corrected chi connectivity index (χ3v) is 5.10. The summed E-state index contributed by atoms with van der Waals surface area (Å²) in [6.45, 7) is 5.08. The number of nitro benzene ring substituents is 1. The van der Waals surface area contributed by atoms with Crippen LogP contribution in [-0.4, -0.2) is 11.5 Å². The van der Waals surface area contributed by atoms with Crippen LogP contribution in [0.4, 0.5) is 11.4 Å². The second kappa shape index (κ2) is 10.4. The van der Waals surface area contributed by atoms with Crippen LogP contribution in [0.1, 0.15) is 23.6 Å². The largest absolute Gasteiger partial charge is 0.490 e. The lowest BCUT2D eigenvalue weighted by Gasteiger charge is -2.16. The van der Waals surface area contributed by atoms with Crippen molar-refractivity contribution in [3.05, 3.63) is 91.4 Å². The minimum absolute atomic E-state index is 0.0311. The van der Waals surface area contributed by atoms with Gasteiger partial charge in [0.2, 0.25) is 0 Å². The summed E-state index contributed by atoms with van der Waals surface area (Å²) in [5.74, 6) is 0.973. The number of nitro groups is 1. The standard InChI is InChI=1S/C23H22Cl2N2O4/c1-3-30-22-11-17(13-26-21-12-18(24)7-4-15(21)2)10-20(25)23(22)31-14-16-5-8-19(9-6-16)27(28)29/h4-12,26H,3,13-14H2,1-2H3. The molecule has 0 fully saturated rings. The van der Waals surface area contributed by atoms with Crippen molar-refractivity contribution in [3.63, 3.8) is 0 Å². The highest BCUT2D eigenvalue weighted by molar-refractivity contribution is 6.32. The Hall–Kier alpha value is -2.96. The maximum absolute atomic E-state index is 10.8. The van der Waals surface area contributed by atoms with Gasteiger partial charge in [-0.2, -0.15) is 0 Å². The third-order valence-electron chi connectivity index (χ3n) is 4.58. The van der Waals surface area contributed by atoms with Gasteiger partial charge < -0.3 is 14.8 Å². The minimum Gasteiger partial charge on any atom is -0.490 e. The van der Waals surface area contributed by atoms with Gasteiger partial charge in [0.25, 0.3) is 5.69 Å². The Kier molecular flexibility index (Phi) is 7.60. The van der Waals surface area contributed by atoms with Gasteiger partial charge in [-0.3, -0.25) is 10.1 Å². The van der Waals surface area contributed by atoms with E-state index in [1.165, 1.54) is 12.1 Å². The predicted octanol–water partition coefficient (Wildman–Crippen LogP) is 6.80. The molecule has 0 unspecified atom stereocenters. The van der Waals surface area contributed by atoms with Crippen LogP contribution in [0.15, 0.2) is 54.6 Å². The number of nitrogens with zero attached hydrogens (tertiary/aromatic N) is 1. The molecule has 8 heteroatoms. The fourth-order valence-electron chi connectivity index (χ4n) is 2.98. The summed E-state index contributed by atoms with van der Waals surface area (Å²) in [5.41, 5.74) is 3.77. The van der Waals surface area contributed by atoms with E-state index in [1.54, 1.807) is 12.1 Å². The van der Waals surface area contributed by atoms with Crippen molar-refractivity contribution in [2.75, 3.05) is 11.9 Å². The lowest BCUT2D eigenvalue weighted by atomic mass is 10.1. The summed E-state index contributed by atoms with van der Waals surface area (Å²) >= 11 is 12.6. The fourth-order valence-corrected chi connectivity index (χ4v) is 3.44. The molecule has 0 amide bonds. The van der Waals surface area contributed by atoms with Crippen LogP contribution in [0.5, 0.6) is 11.5 Å². The number of non-ortho nitro benzene ring substituents is 1. The molecule has 1 N–H and O–H groups in total. The zero-order chi connectivity index (χ0) is 22.4. The Morgan fingerprint density at radius 1 is 1.00 bits per heavy atom. The SMILES string of the molecule is CCOc1cc(CNc2cc(Cl)ccc2C)cc(Cl)c1OCc1ccc([N+](=O)[O-])cc1. The maximum Gasteiger partial charge on any atom is 0.269 e. The number of rotatable bonds is 9. The monoisotopic (exact) mass is 460 g/mol. The molecule has 0 aromatic heterocycles. The highest BCUT2D eigenvalue weighted by Crippen LogP contribution is 2.37. The molecule has 3 aromatic rings. The number of hydrogen-bond donors (Lipinski definition) is 1. The van der Waals surface area contributed by atoms with Gasteiger partial charge in [-0.15, -0.1) is 0 Å². The number of anilines is 1. The van der Waals surface area contributed by atoms with Crippen LogP contribution in [0.3, 0.4) is 0 Å². The molecule has 0 aliphatic carbocycles. The molecule has 3 aromatic carbocycles. The first-order valence-electron chi connectivity index (χ1n) is 9.68. The van der Waals surface area contributed by atoms with Crippen molar-refractivity contribution in [1.82, 2.24) is 0 Å². The summed E-state index contributed by atoms with van der Waals surface area (Å²) in [6, 6.07) is 15.6. The first-order valence-corrected chi connectivity index (χ1v) is 10.4. The van der Waals surface area contributed by atoms with Crippen LogP contribution in [0, 0.1) is 17.0 Å². The molecule has 0 saturated carbocycles. The normalized spacial score (nSPS) is 10.6. The summed E-state index contributed by atoms with van der Waals surface area (Å²) in [4.78, 5) is 10.4. The van der Waals surface area contributed by atoms with E-state index in [0.717, 1.165) is 22.4 Å².